The number of hydrogen-bond donors (Lipinski definition) is 1. The van der Waals surface area contributed by atoms with Gasteiger partial charge in [-0.2, -0.15) is 5.10 Å². The first-order chi connectivity index (χ1) is 8.28. The van der Waals surface area contributed by atoms with Gasteiger partial charge in [-0.15, -0.1) is 23.1 Å². The van der Waals surface area contributed by atoms with E-state index in [2.05, 4.69) is 33.9 Å². The molecule has 0 saturated carbocycles. The fourth-order valence-electron chi connectivity index (χ4n) is 1.26. The van der Waals surface area contributed by atoms with Crippen LogP contribution in [0.2, 0.25) is 0 Å². The molecule has 5 heteroatoms. The molecule has 1 aromatic heterocycles. The molecule has 1 N–H and O–H groups in total. The zero-order valence-electron chi connectivity index (χ0n) is 9.68. The van der Waals surface area contributed by atoms with Gasteiger partial charge < -0.3 is 0 Å². The first-order valence-corrected chi connectivity index (χ1v) is 7.23. The van der Waals surface area contributed by atoms with Crippen LogP contribution in [0.25, 0.3) is 0 Å². The Hall–Kier alpha value is -1.33. The molecule has 2 aromatic rings. The van der Waals surface area contributed by atoms with E-state index < -0.39 is 0 Å². The molecule has 17 heavy (non-hydrogen) atoms. The normalized spacial score (nSPS) is 10.9. The molecule has 0 spiro atoms. The van der Waals surface area contributed by atoms with Crippen molar-refractivity contribution >= 4 is 34.4 Å². The van der Waals surface area contributed by atoms with Crippen molar-refractivity contribution < 1.29 is 0 Å². The molecule has 0 radical (unpaired) electrons. The second kappa shape index (κ2) is 5.84. The van der Waals surface area contributed by atoms with Crippen LogP contribution in [0.5, 0.6) is 0 Å². The van der Waals surface area contributed by atoms with Crippen molar-refractivity contribution in [2.75, 3.05) is 11.7 Å². The fraction of sp³-hybridized carbons (Fsp3) is 0.167. The third-order valence-corrected chi connectivity index (χ3v) is 3.72. The van der Waals surface area contributed by atoms with E-state index in [4.69, 9.17) is 0 Å². The Bertz CT molecular complexity index is 503. The Balaban J connectivity index is 1.95. The summed E-state index contributed by atoms with van der Waals surface area (Å²) in [6.07, 6.45) is 3.86. The third-order valence-electron chi connectivity index (χ3n) is 2.11. The first-order valence-electron chi connectivity index (χ1n) is 5.13. The minimum atomic E-state index is 0.819. The van der Waals surface area contributed by atoms with Crippen molar-refractivity contribution in [3.63, 3.8) is 0 Å². The third kappa shape index (κ3) is 3.57. The van der Waals surface area contributed by atoms with Crippen LogP contribution in [0.15, 0.2) is 39.6 Å². The Kier molecular flexibility index (Phi) is 4.17. The van der Waals surface area contributed by atoms with Crippen LogP contribution in [0, 0.1) is 6.92 Å². The summed E-state index contributed by atoms with van der Waals surface area (Å²) in [5.74, 6) is 0. The van der Waals surface area contributed by atoms with Crippen LogP contribution < -0.4 is 5.43 Å². The number of aromatic nitrogens is 1. The predicted molar refractivity (Wildman–Crippen MR) is 76.3 cm³/mol. The van der Waals surface area contributed by atoms with Crippen LogP contribution in [0.3, 0.4) is 0 Å². The molecule has 0 amide bonds. The quantitative estimate of drug-likeness (QED) is 0.520. The number of anilines is 1. The predicted octanol–water partition coefficient (Wildman–Crippen LogP) is 3.62. The van der Waals surface area contributed by atoms with Gasteiger partial charge in [-0.25, -0.2) is 4.98 Å². The van der Waals surface area contributed by atoms with E-state index in [0.717, 1.165) is 16.4 Å². The maximum atomic E-state index is 4.26. The molecule has 0 aliphatic heterocycles. The minimum absolute atomic E-state index is 0.819. The van der Waals surface area contributed by atoms with Gasteiger partial charge in [0.15, 0.2) is 0 Å². The van der Waals surface area contributed by atoms with E-state index in [1.54, 1.807) is 29.3 Å². The van der Waals surface area contributed by atoms with Gasteiger partial charge in [-0.3, -0.25) is 5.43 Å². The summed E-state index contributed by atoms with van der Waals surface area (Å²) < 4.78 is 0. The van der Waals surface area contributed by atoms with Crippen LogP contribution in [-0.2, 0) is 0 Å². The van der Waals surface area contributed by atoms with Crippen LogP contribution in [0.4, 0.5) is 5.13 Å². The number of thiazole rings is 1. The molecule has 0 atom stereocenters. The van der Waals surface area contributed by atoms with E-state index >= 15 is 0 Å². The van der Waals surface area contributed by atoms with Gasteiger partial charge in [0, 0.05) is 10.3 Å². The maximum Gasteiger partial charge on any atom is 0.203 e. The van der Waals surface area contributed by atoms with Crippen molar-refractivity contribution in [2.45, 2.75) is 11.8 Å². The lowest BCUT2D eigenvalue weighted by Gasteiger charge is -1.97. The van der Waals surface area contributed by atoms with Crippen molar-refractivity contribution in [2.24, 2.45) is 5.10 Å². The molecule has 1 aromatic carbocycles. The summed E-state index contributed by atoms with van der Waals surface area (Å²) in [5.41, 5.74) is 5.00. The van der Waals surface area contributed by atoms with E-state index in [0.29, 0.717) is 0 Å². The van der Waals surface area contributed by atoms with Crippen LogP contribution >= 0.6 is 23.1 Å². The molecule has 0 aliphatic rings. The zero-order chi connectivity index (χ0) is 12.1. The van der Waals surface area contributed by atoms with E-state index in [1.165, 1.54) is 4.90 Å². The zero-order valence-corrected chi connectivity index (χ0v) is 11.3. The van der Waals surface area contributed by atoms with Gasteiger partial charge in [-0.05, 0) is 30.9 Å². The maximum absolute atomic E-state index is 4.26. The van der Waals surface area contributed by atoms with Crippen molar-refractivity contribution in [1.29, 1.82) is 0 Å². The molecular weight excluding hydrogens is 250 g/mol. The fourth-order valence-corrected chi connectivity index (χ4v) is 2.30. The molecule has 0 bridgehead atoms. The lowest BCUT2D eigenvalue weighted by molar-refractivity contribution is 1.22. The highest BCUT2D eigenvalue weighted by Gasteiger charge is 1.94. The lowest BCUT2D eigenvalue weighted by atomic mass is 10.2. The molecule has 0 unspecified atom stereocenters. The number of thioether (sulfide) groups is 1. The topological polar surface area (TPSA) is 37.3 Å². The van der Waals surface area contributed by atoms with Crippen molar-refractivity contribution in [1.82, 2.24) is 4.98 Å². The van der Waals surface area contributed by atoms with Crippen molar-refractivity contribution in [3.8, 4) is 0 Å². The van der Waals surface area contributed by atoms with E-state index in [9.17, 15) is 0 Å². The summed E-state index contributed by atoms with van der Waals surface area (Å²) in [5, 5.41) is 6.96. The van der Waals surface area contributed by atoms with Gasteiger partial charge in [0.2, 0.25) is 5.13 Å². The lowest BCUT2D eigenvalue weighted by Crippen LogP contribution is -1.89. The summed E-state index contributed by atoms with van der Waals surface area (Å²) in [7, 11) is 0. The van der Waals surface area contributed by atoms with Crippen LogP contribution in [0.1, 0.15) is 11.3 Å². The average Bonchev–Trinajstić information content (AvgIpc) is 2.76. The molecule has 1 heterocycles. The second-order valence-electron chi connectivity index (χ2n) is 3.44. The highest BCUT2D eigenvalue weighted by atomic mass is 32.2. The number of aryl methyl sites for hydroxylation is 1. The standard InChI is InChI=1S/C12H13N3S2/c1-9-8-17-12(14-9)15-13-7-10-3-5-11(16-2)6-4-10/h3-8H,1-2H3,(H,14,15)/b13-7+. The number of benzene rings is 1. The highest BCUT2D eigenvalue weighted by molar-refractivity contribution is 7.98. The molecule has 2 rings (SSSR count). The van der Waals surface area contributed by atoms with Gasteiger partial charge in [0.05, 0.1) is 11.9 Å². The smallest absolute Gasteiger partial charge is 0.203 e. The van der Waals surface area contributed by atoms with Gasteiger partial charge in [-0.1, -0.05) is 12.1 Å². The van der Waals surface area contributed by atoms with E-state index in [1.807, 2.05) is 24.4 Å². The molecular formula is C12H13N3S2. The molecule has 0 fully saturated rings. The molecule has 3 nitrogen and oxygen atoms in total. The summed E-state index contributed by atoms with van der Waals surface area (Å²) in [6, 6.07) is 8.26. The first kappa shape index (κ1) is 12.1. The van der Waals surface area contributed by atoms with Crippen LogP contribution in [-0.4, -0.2) is 17.5 Å². The number of hydrogen-bond acceptors (Lipinski definition) is 5. The minimum Gasteiger partial charge on any atom is -0.253 e. The average molecular weight is 263 g/mol. The molecule has 0 saturated heterocycles. The Morgan fingerprint density at radius 2 is 2.12 bits per heavy atom. The summed E-state index contributed by atoms with van der Waals surface area (Å²) in [6.45, 7) is 1.96. The summed E-state index contributed by atoms with van der Waals surface area (Å²) in [4.78, 5) is 5.51. The van der Waals surface area contributed by atoms with Gasteiger partial charge in [0.25, 0.3) is 0 Å². The Labute approximate surface area is 109 Å². The molecule has 0 aliphatic carbocycles. The monoisotopic (exact) mass is 263 g/mol. The number of nitrogens with zero attached hydrogens (tertiary/aromatic N) is 2. The Morgan fingerprint density at radius 1 is 1.35 bits per heavy atom. The molecule has 88 valence electrons. The number of nitrogens with one attached hydrogen (secondary N) is 1. The van der Waals surface area contributed by atoms with Gasteiger partial charge >= 0.3 is 0 Å². The second-order valence-corrected chi connectivity index (χ2v) is 5.17. The highest BCUT2D eigenvalue weighted by Crippen LogP contribution is 2.15. The number of hydrazone groups is 1. The SMILES string of the molecule is CSc1ccc(/C=N/Nc2nc(C)cs2)cc1. The van der Waals surface area contributed by atoms with E-state index in [-0.39, 0.29) is 0 Å². The largest absolute Gasteiger partial charge is 0.253 e. The van der Waals surface area contributed by atoms with Crippen molar-refractivity contribution in [3.05, 3.63) is 40.9 Å². The number of rotatable bonds is 4. The Morgan fingerprint density at radius 3 is 2.71 bits per heavy atom. The van der Waals surface area contributed by atoms with Gasteiger partial charge in [0.1, 0.15) is 0 Å². The summed E-state index contributed by atoms with van der Waals surface area (Å²) >= 11 is 3.28.